The van der Waals surface area contributed by atoms with Crippen molar-refractivity contribution in [2.24, 2.45) is 0 Å². The summed E-state index contributed by atoms with van der Waals surface area (Å²) >= 11 is 0. The van der Waals surface area contributed by atoms with Crippen LogP contribution < -0.4 is 10.2 Å². The normalized spacial score (nSPS) is 16.8. The van der Waals surface area contributed by atoms with E-state index in [1.165, 1.54) is 0 Å². The lowest BCUT2D eigenvalue weighted by Gasteiger charge is -2.36. The third-order valence-corrected chi connectivity index (χ3v) is 4.82. The van der Waals surface area contributed by atoms with Crippen molar-refractivity contribution >= 4 is 5.69 Å². The first-order valence-corrected chi connectivity index (χ1v) is 8.77. The molecule has 0 bridgehead atoms. The molecule has 1 saturated heterocycles. The fourth-order valence-corrected chi connectivity index (χ4v) is 3.25. The molecule has 1 heterocycles. The molecule has 4 nitrogen and oxygen atoms in total. The Morgan fingerprint density at radius 2 is 1.88 bits per heavy atom. The molecule has 1 fully saturated rings. The quantitative estimate of drug-likeness (QED) is 0.875. The zero-order chi connectivity index (χ0) is 17.8. The van der Waals surface area contributed by atoms with Gasteiger partial charge in [0.05, 0.1) is 0 Å². The van der Waals surface area contributed by atoms with Crippen molar-refractivity contribution in [3.8, 4) is 5.75 Å². The van der Waals surface area contributed by atoms with E-state index in [9.17, 15) is 9.50 Å². The van der Waals surface area contributed by atoms with Gasteiger partial charge in [0.15, 0.2) is 0 Å². The molecule has 0 spiro atoms. The van der Waals surface area contributed by atoms with E-state index < -0.39 is 0 Å². The standard InChI is InChI=1S/C20H26FN3O/c1-15(22-14-16-4-3-5-18(25)12-16)19-13-17(21)6-7-20(19)24-10-8-23(2)9-11-24/h3-7,12-13,15,22,25H,8-11,14H2,1-2H3/t15-/m0/s1. The number of likely N-dealkylation sites (N-methyl/N-ethyl adjacent to an activating group) is 1. The van der Waals surface area contributed by atoms with Gasteiger partial charge in [0.25, 0.3) is 0 Å². The summed E-state index contributed by atoms with van der Waals surface area (Å²) in [7, 11) is 2.13. The van der Waals surface area contributed by atoms with Crippen LogP contribution in [0.4, 0.5) is 10.1 Å². The van der Waals surface area contributed by atoms with Crippen LogP contribution in [0.25, 0.3) is 0 Å². The van der Waals surface area contributed by atoms with Crippen LogP contribution >= 0.6 is 0 Å². The maximum atomic E-state index is 13.9. The third-order valence-electron chi connectivity index (χ3n) is 4.82. The molecule has 134 valence electrons. The van der Waals surface area contributed by atoms with Crippen LogP contribution in [-0.4, -0.2) is 43.2 Å². The summed E-state index contributed by atoms with van der Waals surface area (Å²) in [6, 6.07) is 12.3. The molecule has 0 aliphatic carbocycles. The van der Waals surface area contributed by atoms with Gasteiger partial charge in [-0.2, -0.15) is 0 Å². The second kappa shape index (κ2) is 7.85. The number of phenols is 1. The summed E-state index contributed by atoms with van der Waals surface area (Å²) < 4.78 is 13.9. The maximum absolute atomic E-state index is 13.9. The number of nitrogens with one attached hydrogen (secondary N) is 1. The molecule has 1 aliphatic rings. The number of anilines is 1. The fourth-order valence-electron chi connectivity index (χ4n) is 3.25. The van der Waals surface area contributed by atoms with Gasteiger partial charge < -0.3 is 20.2 Å². The molecule has 2 N–H and O–H groups in total. The van der Waals surface area contributed by atoms with Crippen LogP contribution in [0.3, 0.4) is 0 Å². The van der Waals surface area contributed by atoms with Crippen LogP contribution in [0.5, 0.6) is 5.75 Å². The molecule has 1 aliphatic heterocycles. The molecule has 25 heavy (non-hydrogen) atoms. The van der Waals surface area contributed by atoms with Crippen molar-refractivity contribution < 1.29 is 9.50 Å². The van der Waals surface area contributed by atoms with Gasteiger partial charge in [0.2, 0.25) is 0 Å². The molecule has 2 aromatic rings. The number of hydrogen-bond acceptors (Lipinski definition) is 4. The Bertz CT molecular complexity index is 714. The summed E-state index contributed by atoms with van der Waals surface area (Å²) in [6.07, 6.45) is 0. The summed E-state index contributed by atoms with van der Waals surface area (Å²) in [6.45, 7) is 6.61. The van der Waals surface area contributed by atoms with Crippen LogP contribution in [0.15, 0.2) is 42.5 Å². The second-order valence-electron chi connectivity index (χ2n) is 6.77. The van der Waals surface area contributed by atoms with Crippen LogP contribution in [0.2, 0.25) is 0 Å². The highest BCUT2D eigenvalue weighted by atomic mass is 19.1. The highest BCUT2D eigenvalue weighted by molar-refractivity contribution is 5.55. The van der Waals surface area contributed by atoms with Gasteiger partial charge in [-0.1, -0.05) is 12.1 Å². The van der Waals surface area contributed by atoms with E-state index in [1.54, 1.807) is 24.3 Å². The highest BCUT2D eigenvalue weighted by Gasteiger charge is 2.20. The molecule has 5 heteroatoms. The van der Waals surface area contributed by atoms with Gasteiger partial charge in [0.1, 0.15) is 11.6 Å². The van der Waals surface area contributed by atoms with Gasteiger partial charge in [0, 0.05) is 44.5 Å². The van der Waals surface area contributed by atoms with Crippen molar-refractivity contribution in [3.63, 3.8) is 0 Å². The lowest BCUT2D eigenvalue weighted by Crippen LogP contribution is -2.45. The number of hydrogen-bond donors (Lipinski definition) is 2. The molecule has 1 atom stereocenters. The van der Waals surface area contributed by atoms with E-state index >= 15 is 0 Å². The van der Waals surface area contributed by atoms with Gasteiger partial charge in [-0.25, -0.2) is 4.39 Å². The lowest BCUT2D eigenvalue weighted by molar-refractivity contribution is 0.312. The Balaban J connectivity index is 1.74. The lowest BCUT2D eigenvalue weighted by atomic mass is 10.0. The molecular formula is C20H26FN3O. The van der Waals surface area contributed by atoms with Crippen LogP contribution in [0.1, 0.15) is 24.1 Å². The minimum absolute atomic E-state index is 0.00713. The molecule has 0 saturated carbocycles. The van der Waals surface area contributed by atoms with Crippen molar-refractivity contribution in [1.82, 2.24) is 10.2 Å². The van der Waals surface area contributed by atoms with Crippen LogP contribution in [-0.2, 0) is 6.54 Å². The summed E-state index contributed by atoms with van der Waals surface area (Å²) in [5.74, 6) is 0.0507. The van der Waals surface area contributed by atoms with E-state index in [4.69, 9.17) is 0 Å². The molecule has 0 unspecified atom stereocenters. The minimum atomic E-state index is -0.209. The SMILES string of the molecule is C[C@H](NCc1cccc(O)c1)c1cc(F)ccc1N1CCN(C)CC1. The van der Waals surface area contributed by atoms with Crippen molar-refractivity contribution in [2.75, 3.05) is 38.1 Å². The summed E-state index contributed by atoms with van der Waals surface area (Å²) in [4.78, 5) is 4.64. The van der Waals surface area contributed by atoms with Crippen molar-refractivity contribution in [2.45, 2.75) is 19.5 Å². The van der Waals surface area contributed by atoms with E-state index in [1.807, 2.05) is 18.2 Å². The smallest absolute Gasteiger partial charge is 0.123 e. The van der Waals surface area contributed by atoms with Gasteiger partial charge >= 0.3 is 0 Å². The maximum Gasteiger partial charge on any atom is 0.123 e. The Labute approximate surface area is 148 Å². The zero-order valence-electron chi connectivity index (χ0n) is 14.9. The summed E-state index contributed by atoms with van der Waals surface area (Å²) in [5, 5.41) is 13.0. The van der Waals surface area contributed by atoms with E-state index in [0.29, 0.717) is 6.54 Å². The fraction of sp³-hybridized carbons (Fsp3) is 0.400. The average Bonchev–Trinajstić information content (AvgIpc) is 2.60. The minimum Gasteiger partial charge on any atom is -0.508 e. The molecule has 0 radical (unpaired) electrons. The topological polar surface area (TPSA) is 38.7 Å². The van der Waals surface area contributed by atoms with E-state index in [0.717, 1.165) is 43.0 Å². The first-order chi connectivity index (χ1) is 12.0. The van der Waals surface area contributed by atoms with Crippen molar-refractivity contribution in [1.29, 1.82) is 0 Å². The number of piperazine rings is 1. The first-order valence-electron chi connectivity index (χ1n) is 8.77. The molecular weight excluding hydrogens is 317 g/mol. The Hall–Kier alpha value is -2.11. The molecule has 2 aromatic carbocycles. The number of nitrogens with zero attached hydrogens (tertiary/aromatic N) is 2. The second-order valence-corrected chi connectivity index (χ2v) is 6.77. The molecule has 3 rings (SSSR count). The predicted molar refractivity (Wildman–Crippen MR) is 99.5 cm³/mol. The Morgan fingerprint density at radius 3 is 2.60 bits per heavy atom. The number of aromatic hydroxyl groups is 1. The highest BCUT2D eigenvalue weighted by Crippen LogP contribution is 2.28. The number of phenolic OH excluding ortho intramolecular Hbond substituents is 1. The van der Waals surface area contributed by atoms with E-state index in [-0.39, 0.29) is 17.6 Å². The Kier molecular flexibility index (Phi) is 5.56. The van der Waals surface area contributed by atoms with Crippen LogP contribution in [0, 0.1) is 5.82 Å². The van der Waals surface area contributed by atoms with Crippen molar-refractivity contribution in [3.05, 3.63) is 59.4 Å². The number of halogens is 1. The predicted octanol–water partition coefficient (Wildman–Crippen LogP) is 3.13. The zero-order valence-corrected chi connectivity index (χ0v) is 14.9. The van der Waals surface area contributed by atoms with E-state index in [2.05, 4.69) is 29.1 Å². The molecule has 0 aromatic heterocycles. The van der Waals surface area contributed by atoms with Gasteiger partial charge in [-0.15, -0.1) is 0 Å². The Morgan fingerprint density at radius 1 is 1.12 bits per heavy atom. The third kappa shape index (κ3) is 4.50. The summed E-state index contributed by atoms with van der Waals surface area (Å²) in [5.41, 5.74) is 3.08. The first kappa shape index (κ1) is 17.7. The molecule has 0 amide bonds. The monoisotopic (exact) mass is 343 g/mol. The number of benzene rings is 2. The van der Waals surface area contributed by atoms with Gasteiger partial charge in [-0.3, -0.25) is 0 Å². The number of rotatable bonds is 5. The average molecular weight is 343 g/mol. The largest absolute Gasteiger partial charge is 0.508 e. The van der Waals surface area contributed by atoms with Gasteiger partial charge in [-0.05, 0) is 55.4 Å².